The Morgan fingerprint density at radius 1 is 0.750 bits per heavy atom. The highest BCUT2D eigenvalue weighted by molar-refractivity contribution is 6.35. The van der Waals surface area contributed by atoms with E-state index in [1.807, 2.05) is 30.3 Å². The number of carbonyl (C=O) groups is 3. The summed E-state index contributed by atoms with van der Waals surface area (Å²) in [6.07, 6.45) is 1.68. The van der Waals surface area contributed by atoms with Crippen molar-refractivity contribution in [3.8, 4) is 16.9 Å². The van der Waals surface area contributed by atoms with Gasteiger partial charge in [0.15, 0.2) is 0 Å². The zero-order valence-electron chi connectivity index (χ0n) is 19.7. The van der Waals surface area contributed by atoms with Gasteiger partial charge in [-0.3, -0.25) is 14.4 Å². The summed E-state index contributed by atoms with van der Waals surface area (Å²) in [7, 11) is 0. The second-order valence-electron chi connectivity index (χ2n) is 8.67. The second kappa shape index (κ2) is 10.3. The molecule has 3 heterocycles. The Hall–Kier alpha value is -4.05. The number of rotatable bonds is 3. The molecule has 0 radical (unpaired) electrons. The molecule has 0 saturated carbocycles. The number of amides is 3. The molecule has 0 atom stereocenters. The van der Waals surface area contributed by atoms with Gasteiger partial charge in [-0.05, 0) is 36.4 Å². The van der Waals surface area contributed by atoms with E-state index in [4.69, 9.17) is 4.74 Å². The summed E-state index contributed by atoms with van der Waals surface area (Å²) in [5.74, 6) is -1.68. The molecule has 5 rings (SSSR count). The van der Waals surface area contributed by atoms with Crippen molar-refractivity contribution in [3.05, 3.63) is 72.2 Å². The summed E-state index contributed by atoms with van der Waals surface area (Å²) < 4.78 is 20.4. The first-order valence-corrected chi connectivity index (χ1v) is 11.9. The number of hydrogen-bond donors (Lipinski definition) is 0. The van der Waals surface area contributed by atoms with Crippen LogP contribution in [-0.4, -0.2) is 94.7 Å². The molecule has 3 aromatic rings. The van der Waals surface area contributed by atoms with E-state index in [1.54, 1.807) is 27.9 Å². The van der Waals surface area contributed by atoms with E-state index in [-0.39, 0.29) is 24.8 Å². The highest BCUT2D eigenvalue weighted by atomic mass is 19.1. The van der Waals surface area contributed by atoms with Crippen molar-refractivity contribution in [2.24, 2.45) is 0 Å². The van der Waals surface area contributed by atoms with Crippen LogP contribution in [0.25, 0.3) is 16.9 Å². The molecular weight excluding hydrogens is 465 g/mol. The molecule has 0 unspecified atom stereocenters. The van der Waals surface area contributed by atoms with Gasteiger partial charge in [0.2, 0.25) is 0 Å². The quantitative estimate of drug-likeness (QED) is 0.522. The third-order valence-corrected chi connectivity index (χ3v) is 6.42. The minimum atomic E-state index is -0.548. The van der Waals surface area contributed by atoms with Crippen LogP contribution in [0.2, 0.25) is 0 Å². The predicted molar refractivity (Wildman–Crippen MR) is 129 cm³/mol. The molecule has 2 aliphatic rings. The fraction of sp³-hybridized carbons (Fsp3) is 0.308. The van der Waals surface area contributed by atoms with Gasteiger partial charge in [0.05, 0.1) is 24.5 Å². The highest BCUT2D eigenvalue weighted by Crippen LogP contribution is 2.26. The van der Waals surface area contributed by atoms with Gasteiger partial charge in [0.1, 0.15) is 11.5 Å². The topological polar surface area (TPSA) is 88.0 Å². The summed E-state index contributed by atoms with van der Waals surface area (Å²) in [6, 6.07) is 15.3. The molecule has 0 aliphatic carbocycles. The average molecular weight is 492 g/mol. The molecule has 0 spiro atoms. The van der Waals surface area contributed by atoms with Crippen LogP contribution in [0, 0.1) is 5.82 Å². The van der Waals surface area contributed by atoms with Gasteiger partial charge in [-0.2, -0.15) is 5.10 Å². The van der Waals surface area contributed by atoms with Crippen LogP contribution in [0.4, 0.5) is 4.39 Å². The Balaban J connectivity index is 1.33. The number of halogens is 1. The van der Waals surface area contributed by atoms with E-state index < -0.39 is 11.8 Å². The summed E-state index contributed by atoms with van der Waals surface area (Å²) >= 11 is 0. The SMILES string of the molecule is O=C(C(=O)N1CCN(C(=O)c2cn(-c3ccccc3)nc2-c2ccc(F)cc2)CC1)N1CCOCC1. The Morgan fingerprint density at radius 3 is 1.97 bits per heavy atom. The van der Waals surface area contributed by atoms with E-state index in [2.05, 4.69) is 5.10 Å². The lowest BCUT2D eigenvalue weighted by Gasteiger charge is -2.35. The number of carbonyl (C=O) groups excluding carboxylic acids is 3. The van der Waals surface area contributed by atoms with Gasteiger partial charge >= 0.3 is 11.8 Å². The number of ether oxygens (including phenoxy) is 1. The van der Waals surface area contributed by atoms with Crippen molar-refractivity contribution in [3.63, 3.8) is 0 Å². The maximum atomic E-state index is 13.6. The van der Waals surface area contributed by atoms with Crippen molar-refractivity contribution < 1.29 is 23.5 Å². The van der Waals surface area contributed by atoms with Gasteiger partial charge in [-0.25, -0.2) is 9.07 Å². The van der Waals surface area contributed by atoms with Crippen LogP contribution in [0.5, 0.6) is 0 Å². The summed E-state index contributed by atoms with van der Waals surface area (Å²) in [4.78, 5) is 43.5. The molecule has 0 bridgehead atoms. The smallest absolute Gasteiger partial charge is 0.312 e. The Labute approximate surface area is 207 Å². The normalized spacial score (nSPS) is 16.2. The third-order valence-electron chi connectivity index (χ3n) is 6.42. The first kappa shape index (κ1) is 23.7. The lowest BCUT2D eigenvalue weighted by atomic mass is 10.1. The van der Waals surface area contributed by atoms with Gasteiger partial charge < -0.3 is 19.4 Å². The van der Waals surface area contributed by atoms with Gasteiger partial charge in [0.25, 0.3) is 5.91 Å². The number of piperazine rings is 1. The molecule has 2 saturated heterocycles. The molecule has 3 amide bonds. The van der Waals surface area contributed by atoms with Gasteiger partial charge in [-0.1, -0.05) is 18.2 Å². The first-order valence-electron chi connectivity index (χ1n) is 11.9. The third kappa shape index (κ3) is 4.85. The molecule has 36 heavy (non-hydrogen) atoms. The average Bonchev–Trinajstić information content (AvgIpc) is 3.39. The molecule has 2 fully saturated rings. The van der Waals surface area contributed by atoms with Crippen LogP contribution in [0.3, 0.4) is 0 Å². The number of benzene rings is 2. The standard InChI is InChI=1S/C26H26FN5O4/c27-20-8-6-19(7-9-20)23-22(18-32(28-23)21-4-2-1-3-5-21)24(33)29-10-12-30(13-11-29)25(34)26(35)31-14-16-36-17-15-31/h1-9,18H,10-17H2. The zero-order valence-corrected chi connectivity index (χ0v) is 19.7. The summed E-state index contributed by atoms with van der Waals surface area (Å²) in [5, 5.41) is 4.64. The van der Waals surface area contributed by atoms with Crippen molar-refractivity contribution in [2.75, 3.05) is 52.5 Å². The van der Waals surface area contributed by atoms with Crippen molar-refractivity contribution in [1.29, 1.82) is 0 Å². The molecular formula is C26H26FN5O4. The minimum Gasteiger partial charge on any atom is -0.378 e. The molecule has 2 aromatic carbocycles. The Morgan fingerprint density at radius 2 is 1.33 bits per heavy atom. The summed E-state index contributed by atoms with van der Waals surface area (Å²) in [5.41, 5.74) is 2.25. The predicted octanol–water partition coefficient (Wildman–Crippen LogP) is 1.82. The van der Waals surface area contributed by atoms with Crippen LogP contribution in [0.1, 0.15) is 10.4 Å². The molecule has 186 valence electrons. The molecule has 10 heteroatoms. The fourth-order valence-electron chi connectivity index (χ4n) is 4.38. The molecule has 1 aromatic heterocycles. The van der Waals surface area contributed by atoms with Crippen LogP contribution in [0.15, 0.2) is 60.8 Å². The zero-order chi connectivity index (χ0) is 25.1. The maximum absolute atomic E-state index is 13.6. The van der Waals surface area contributed by atoms with Gasteiger partial charge in [-0.15, -0.1) is 0 Å². The lowest BCUT2D eigenvalue weighted by Crippen LogP contribution is -2.55. The van der Waals surface area contributed by atoms with Crippen LogP contribution < -0.4 is 0 Å². The minimum absolute atomic E-state index is 0.233. The van der Waals surface area contributed by atoms with E-state index in [0.29, 0.717) is 56.2 Å². The number of nitrogens with zero attached hydrogens (tertiary/aromatic N) is 5. The van der Waals surface area contributed by atoms with Crippen molar-refractivity contribution in [2.45, 2.75) is 0 Å². The molecule has 0 N–H and O–H groups in total. The largest absolute Gasteiger partial charge is 0.378 e. The number of morpholine rings is 1. The number of hydrogen-bond acceptors (Lipinski definition) is 5. The highest BCUT2D eigenvalue weighted by Gasteiger charge is 2.32. The van der Waals surface area contributed by atoms with Crippen LogP contribution in [-0.2, 0) is 14.3 Å². The second-order valence-corrected chi connectivity index (χ2v) is 8.67. The summed E-state index contributed by atoms with van der Waals surface area (Å²) in [6.45, 7) is 2.77. The van der Waals surface area contributed by atoms with E-state index >= 15 is 0 Å². The monoisotopic (exact) mass is 491 g/mol. The van der Waals surface area contributed by atoms with E-state index in [1.165, 1.54) is 21.9 Å². The fourth-order valence-corrected chi connectivity index (χ4v) is 4.38. The maximum Gasteiger partial charge on any atom is 0.312 e. The van der Waals surface area contributed by atoms with Gasteiger partial charge in [0, 0.05) is 51.0 Å². The first-order chi connectivity index (χ1) is 17.5. The van der Waals surface area contributed by atoms with Crippen molar-refractivity contribution in [1.82, 2.24) is 24.5 Å². The Bertz CT molecular complexity index is 1250. The van der Waals surface area contributed by atoms with Crippen molar-refractivity contribution >= 4 is 17.7 Å². The number of aromatic nitrogens is 2. The molecule has 9 nitrogen and oxygen atoms in total. The lowest BCUT2D eigenvalue weighted by molar-refractivity contribution is -0.154. The van der Waals surface area contributed by atoms with E-state index in [0.717, 1.165) is 5.69 Å². The van der Waals surface area contributed by atoms with Crippen LogP contribution >= 0.6 is 0 Å². The molecule has 2 aliphatic heterocycles. The van der Waals surface area contributed by atoms with E-state index in [9.17, 15) is 18.8 Å². The number of para-hydroxylation sites is 1. The Kier molecular flexibility index (Phi) is 6.77.